The maximum atomic E-state index is 5.18. The van der Waals surface area contributed by atoms with Gasteiger partial charge in [0.05, 0.1) is 0 Å². The minimum Gasteiger partial charge on any atom is 4.00 e. The average Bonchev–Trinajstić information content (AvgIpc) is 2.72. The molecular weight excluding hydrogens is 1030 g/mol. The number of rotatable bonds is 8. The number of nitrogens with zero attached hydrogens (tertiary/aromatic N) is 2. The number of unbranched alkanes of at least 4 members (excludes halogenated alkanes) is 1. The summed E-state index contributed by atoms with van der Waals surface area (Å²) in [5.41, 5.74) is 4.71. The van der Waals surface area contributed by atoms with Crippen molar-refractivity contribution in [2.45, 2.75) is 85.6 Å². The predicted molar refractivity (Wildman–Crippen MR) is 138 cm³/mol. The van der Waals surface area contributed by atoms with E-state index in [0.29, 0.717) is 11.8 Å². The van der Waals surface area contributed by atoms with Gasteiger partial charge < -0.3 is 5.32 Å². The predicted octanol–water partition coefficient (Wildman–Crippen LogP) is 6.82. The van der Waals surface area contributed by atoms with E-state index >= 15 is 0 Å². The molecule has 0 N–H and O–H groups in total. The Labute approximate surface area is 256 Å². The van der Waals surface area contributed by atoms with Crippen LogP contribution in [0.5, 0.6) is 0 Å². The van der Waals surface area contributed by atoms with Gasteiger partial charge in [-0.2, -0.15) is 0 Å². The molecule has 0 aliphatic rings. The number of benzene rings is 1. The Bertz CT molecular complexity index is 519. The maximum Gasteiger partial charge on any atom is 4.00 e. The molecule has 1 rings (SSSR count). The third-order valence-electron chi connectivity index (χ3n) is 4.48. The van der Waals surface area contributed by atoms with Crippen molar-refractivity contribution in [3.05, 3.63) is 48.1 Å². The Morgan fingerprint density at radius 3 is 1.70 bits per heavy atom. The van der Waals surface area contributed by atoms with E-state index in [2.05, 4.69) is 87.0 Å². The Morgan fingerprint density at radius 2 is 1.37 bits per heavy atom. The van der Waals surface area contributed by atoms with E-state index in [-0.39, 0.29) is 31.7 Å². The zero-order chi connectivity index (χ0) is 23.6. The molecule has 0 heterocycles. The summed E-state index contributed by atoms with van der Waals surface area (Å²) in [5.74, 6) is 0.946. The molecule has 2 nitrogen and oxygen atoms in total. The van der Waals surface area contributed by atoms with Crippen molar-refractivity contribution >= 4 is 88.7 Å². The fourth-order valence-corrected chi connectivity index (χ4v) is 2.60. The number of para-hydroxylation sites is 1. The van der Waals surface area contributed by atoms with Gasteiger partial charge in [0.2, 0.25) is 0 Å². The zero-order valence-electron chi connectivity index (χ0n) is 20.5. The van der Waals surface area contributed by atoms with E-state index in [4.69, 9.17) is 10.3 Å². The first-order valence-electron chi connectivity index (χ1n) is 10.1. The molecule has 0 saturated heterocycles. The van der Waals surface area contributed by atoms with Crippen molar-refractivity contribution in [2.24, 2.45) is 4.99 Å². The van der Waals surface area contributed by atoms with E-state index in [1.165, 1.54) is 23.2 Å². The molecular formula is C24H41N2Pb3Zr. The Balaban J connectivity index is -0.000000441. The Morgan fingerprint density at radius 1 is 0.967 bits per heavy atom. The fraction of sp³-hybridized carbons (Fsp3) is 0.583. The van der Waals surface area contributed by atoms with Crippen molar-refractivity contribution in [1.82, 2.24) is 0 Å². The first kappa shape index (κ1) is 39.5. The Kier molecular flexibility index (Phi) is 32.2. The Hall–Kier alpha value is 2.34. The van der Waals surface area contributed by atoms with Crippen LogP contribution < -0.4 is 0 Å². The maximum absolute atomic E-state index is 5.18. The summed E-state index contributed by atoms with van der Waals surface area (Å²) in [6, 6.07) is 6.60. The summed E-state index contributed by atoms with van der Waals surface area (Å²) in [5, 5.41) is 5.18. The van der Waals surface area contributed by atoms with Gasteiger partial charge in [-0.15, -0.1) is 5.69 Å². The van der Waals surface area contributed by atoms with Crippen molar-refractivity contribution in [2.75, 3.05) is 6.54 Å². The molecule has 9 radical (unpaired) electrons. The van der Waals surface area contributed by atoms with Gasteiger partial charge in [-0.25, -0.2) is 0 Å². The second kappa shape index (κ2) is 24.5. The quantitative estimate of drug-likeness (QED) is 0.119. The van der Waals surface area contributed by atoms with Crippen LogP contribution in [-0.4, -0.2) is 95.1 Å². The minimum absolute atomic E-state index is 0. The summed E-state index contributed by atoms with van der Waals surface area (Å²) in [6.45, 7) is 18.6. The van der Waals surface area contributed by atoms with E-state index in [0.717, 1.165) is 96.0 Å². The van der Waals surface area contributed by atoms with Gasteiger partial charge >= 0.3 is 117 Å². The second-order valence-electron chi connectivity index (χ2n) is 7.59. The second-order valence-corrected chi connectivity index (χ2v) is 7.59. The third kappa shape index (κ3) is 16.0. The van der Waals surface area contributed by atoms with Crippen molar-refractivity contribution in [1.29, 1.82) is 0 Å². The van der Waals surface area contributed by atoms with Crippen LogP contribution in [0.4, 0.5) is 5.69 Å². The van der Waals surface area contributed by atoms with Crippen LogP contribution in [0.2, 0.25) is 0 Å². The summed E-state index contributed by atoms with van der Waals surface area (Å²) >= 11 is 3.17. The topological polar surface area (TPSA) is 26.5 Å². The monoisotopic (exact) mass is 1070 g/mol. The molecule has 163 valence electrons. The van der Waals surface area contributed by atoms with Gasteiger partial charge in [0, 0.05) is 6.54 Å². The normalized spacial score (nSPS) is 10.6. The molecule has 6 heteroatoms. The minimum atomic E-state index is -0.262. The first-order chi connectivity index (χ1) is 13.7. The van der Waals surface area contributed by atoms with Gasteiger partial charge in [0.1, 0.15) is 0 Å². The number of hydrogen-bond acceptors (Lipinski definition) is 1. The average molecular weight is 1070 g/mol. The molecule has 0 saturated carbocycles. The molecule has 1 aromatic rings. The molecule has 0 aromatic heterocycles. The SMILES string of the molecule is CCCCN=C(C)C(C)(C)[N-]c1c(C(C)C)cccc1C(C)C.[CH2-][Pb].[CH2-][Pb].[CH2-][Pb].[Zr+4]. The smallest absolute Gasteiger partial charge is 4.00 e. The van der Waals surface area contributed by atoms with Crippen LogP contribution in [0, 0.1) is 13.4 Å². The fourth-order valence-electron chi connectivity index (χ4n) is 2.60. The van der Waals surface area contributed by atoms with Gasteiger partial charge in [0.15, 0.2) is 0 Å². The van der Waals surface area contributed by atoms with E-state index < -0.39 is 0 Å². The van der Waals surface area contributed by atoms with E-state index in [9.17, 15) is 0 Å². The van der Waals surface area contributed by atoms with Crippen molar-refractivity contribution in [3.8, 4) is 0 Å². The van der Waals surface area contributed by atoms with Gasteiger partial charge in [0.25, 0.3) is 0 Å². The zero-order valence-corrected chi connectivity index (χ0v) is 34.6. The number of hydrogen-bond donors (Lipinski definition) is 0. The molecule has 1 aromatic carbocycles. The van der Waals surface area contributed by atoms with Crippen LogP contribution in [-0.2, 0) is 26.2 Å². The van der Waals surface area contributed by atoms with Crippen molar-refractivity contribution in [3.63, 3.8) is 0 Å². The third-order valence-corrected chi connectivity index (χ3v) is 4.48. The molecule has 0 amide bonds. The summed E-state index contributed by atoms with van der Waals surface area (Å²) < 4.78 is 10.2. The van der Waals surface area contributed by atoms with Gasteiger partial charge in [-0.05, 0) is 30.9 Å². The molecule has 0 spiro atoms. The molecule has 0 aliphatic carbocycles. The van der Waals surface area contributed by atoms with Crippen molar-refractivity contribution < 1.29 is 26.2 Å². The van der Waals surface area contributed by atoms with Crippen LogP contribution >= 0.6 is 0 Å². The van der Waals surface area contributed by atoms with Gasteiger partial charge in [-0.1, -0.05) is 89.8 Å². The molecule has 0 aliphatic heterocycles. The molecule has 0 fully saturated rings. The molecule has 0 unspecified atom stereocenters. The summed E-state index contributed by atoms with van der Waals surface area (Å²) in [4.78, 5) is 4.75. The molecule has 0 bridgehead atoms. The van der Waals surface area contributed by atoms with E-state index in [1.54, 1.807) is 0 Å². The molecule has 30 heavy (non-hydrogen) atoms. The van der Waals surface area contributed by atoms with Crippen LogP contribution in [0.25, 0.3) is 5.32 Å². The van der Waals surface area contributed by atoms with Crippen LogP contribution in [0.15, 0.2) is 23.2 Å². The first-order valence-corrected chi connectivity index (χ1v) is 18.4. The summed E-state index contributed by atoms with van der Waals surface area (Å²) in [6.07, 6.45) is 2.33. The van der Waals surface area contributed by atoms with Crippen LogP contribution in [0.1, 0.15) is 91.2 Å². The van der Waals surface area contributed by atoms with Crippen LogP contribution in [0.3, 0.4) is 0 Å². The number of aliphatic imine (C=N–C) groups is 1. The summed E-state index contributed by atoms with van der Waals surface area (Å²) in [7, 11) is 0. The van der Waals surface area contributed by atoms with Gasteiger partial charge in [-0.3, -0.25) is 4.99 Å². The molecule has 0 atom stereocenters. The standard InChI is InChI=1S/C21H35N2.3CH2.3Pb.Zr/c1-9-10-14-22-17(6)21(7,8)23-20-18(15(2)3)12-11-13-19(20)16(4)5;;;;;;;/h11-13,15-16H,9-10,14H2,1-8H3;3*1H2;;;;/q4*-1;;;;+4. The van der Waals surface area contributed by atoms with E-state index in [1.807, 2.05) is 0 Å². The largest absolute Gasteiger partial charge is 4.00 e.